The molecule has 1 saturated carbocycles. The van der Waals surface area contributed by atoms with Crippen LogP contribution in [0.5, 0.6) is 0 Å². The lowest BCUT2D eigenvalue weighted by atomic mass is 10.2. The third kappa shape index (κ3) is 2.62. The van der Waals surface area contributed by atoms with Crippen LogP contribution in [0.25, 0.3) is 5.78 Å². The first kappa shape index (κ1) is 15.1. The highest BCUT2D eigenvalue weighted by molar-refractivity contribution is 7.10. The molecule has 1 amide bonds. The molecule has 7 nitrogen and oxygen atoms in total. The number of H-pyrrole nitrogens is 1. The van der Waals surface area contributed by atoms with E-state index in [1.807, 2.05) is 0 Å². The van der Waals surface area contributed by atoms with Crippen molar-refractivity contribution >= 4 is 23.0 Å². The summed E-state index contributed by atoms with van der Waals surface area (Å²) in [5.74, 6) is 1.25. The van der Waals surface area contributed by atoms with Crippen molar-refractivity contribution in [1.82, 2.24) is 24.9 Å². The molecule has 3 aromatic rings. The number of rotatable bonds is 4. The maximum absolute atomic E-state index is 12.3. The lowest BCUT2D eigenvalue weighted by Gasteiger charge is -2.02. The second kappa shape index (κ2) is 5.55. The van der Waals surface area contributed by atoms with E-state index in [9.17, 15) is 9.59 Å². The van der Waals surface area contributed by atoms with E-state index in [1.165, 1.54) is 21.0 Å². The van der Waals surface area contributed by atoms with Gasteiger partial charge in [0.25, 0.3) is 11.3 Å². The monoisotopic (exact) mass is 343 g/mol. The van der Waals surface area contributed by atoms with Crippen molar-refractivity contribution in [3.8, 4) is 0 Å². The summed E-state index contributed by atoms with van der Waals surface area (Å²) in [6.07, 6.45) is 0.896. The molecule has 124 valence electrons. The minimum absolute atomic E-state index is 0.0322. The summed E-state index contributed by atoms with van der Waals surface area (Å²) in [5.41, 5.74) is 1.67. The average Bonchev–Trinajstić information content (AvgIpc) is 3.03. The minimum atomic E-state index is -0.210. The molecule has 24 heavy (non-hydrogen) atoms. The quantitative estimate of drug-likeness (QED) is 0.751. The van der Waals surface area contributed by atoms with Crippen molar-refractivity contribution in [1.29, 1.82) is 0 Å². The van der Waals surface area contributed by atoms with Gasteiger partial charge in [-0.15, -0.1) is 11.3 Å². The van der Waals surface area contributed by atoms with Gasteiger partial charge in [0.05, 0.1) is 6.54 Å². The lowest BCUT2D eigenvalue weighted by Crippen LogP contribution is -2.25. The van der Waals surface area contributed by atoms with Crippen LogP contribution < -0.4 is 10.9 Å². The molecule has 4 rings (SSSR count). The van der Waals surface area contributed by atoms with Crippen LogP contribution in [0, 0.1) is 19.8 Å². The summed E-state index contributed by atoms with van der Waals surface area (Å²) in [6.45, 7) is 4.09. The number of carbonyl (C=O) groups excluding carboxylic acids is 1. The number of nitrogens with one attached hydrogen (secondary N) is 2. The summed E-state index contributed by atoms with van der Waals surface area (Å²) >= 11 is 1.72. The Labute approximate surface area is 141 Å². The molecule has 0 unspecified atom stereocenters. The number of hydrogen-bond acceptors (Lipinski definition) is 5. The first-order valence-corrected chi connectivity index (χ1v) is 8.68. The molecule has 8 heteroatoms. The van der Waals surface area contributed by atoms with E-state index in [1.54, 1.807) is 18.3 Å². The minimum Gasteiger partial charge on any atom is -0.349 e. The van der Waals surface area contributed by atoms with Crippen molar-refractivity contribution in [3.05, 3.63) is 49.8 Å². The summed E-state index contributed by atoms with van der Waals surface area (Å²) in [5, 5.41) is 7.84. The highest BCUT2D eigenvalue weighted by Gasteiger charge is 2.45. The van der Waals surface area contributed by atoms with E-state index in [2.05, 4.69) is 38.8 Å². The number of aromatic amines is 1. The molecular weight excluding hydrogens is 326 g/mol. The Kier molecular flexibility index (Phi) is 3.49. The zero-order valence-corrected chi connectivity index (χ0v) is 14.2. The number of nitrogens with zero attached hydrogens (tertiary/aromatic N) is 3. The Hall–Kier alpha value is -2.48. The van der Waals surface area contributed by atoms with Gasteiger partial charge >= 0.3 is 0 Å². The molecule has 0 aliphatic heterocycles. The average molecular weight is 343 g/mol. The zero-order valence-electron chi connectivity index (χ0n) is 13.4. The van der Waals surface area contributed by atoms with E-state index < -0.39 is 0 Å². The molecule has 2 N–H and O–H groups in total. The number of aromatic nitrogens is 4. The van der Waals surface area contributed by atoms with Gasteiger partial charge in [0.15, 0.2) is 0 Å². The topological polar surface area (TPSA) is 92.2 Å². The lowest BCUT2D eigenvalue weighted by molar-refractivity contribution is -0.122. The van der Waals surface area contributed by atoms with E-state index >= 15 is 0 Å². The zero-order chi connectivity index (χ0) is 16.8. The van der Waals surface area contributed by atoms with Gasteiger partial charge in [-0.25, -0.2) is 4.98 Å². The van der Waals surface area contributed by atoms with Gasteiger partial charge in [0.1, 0.15) is 5.82 Å². The van der Waals surface area contributed by atoms with Crippen LogP contribution >= 0.6 is 11.3 Å². The Morgan fingerprint density at radius 2 is 2.29 bits per heavy atom. The van der Waals surface area contributed by atoms with Gasteiger partial charge in [0.2, 0.25) is 5.91 Å². The van der Waals surface area contributed by atoms with Crippen molar-refractivity contribution < 1.29 is 4.79 Å². The number of hydrogen-bond donors (Lipinski definition) is 2. The van der Waals surface area contributed by atoms with Crippen LogP contribution in [0.1, 0.15) is 34.3 Å². The second-order valence-corrected chi connectivity index (χ2v) is 7.12. The van der Waals surface area contributed by atoms with Crippen molar-refractivity contribution in [2.24, 2.45) is 5.92 Å². The molecule has 0 spiro atoms. The molecule has 3 heterocycles. The number of fused-ring (bicyclic) bond motifs is 1. The van der Waals surface area contributed by atoms with Crippen LogP contribution in [0.15, 0.2) is 22.3 Å². The Bertz CT molecular complexity index is 986. The van der Waals surface area contributed by atoms with E-state index in [0.717, 1.165) is 6.42 Å². The number of amides is 1. The largest absolute Gasteiger partial charge is 0.349 e. The van der Waals surface area contributed by atoms with Crippen molar-refractivity contribution in [3.63, 3.8) is 0 Å². The van der Waals surface area contributed by atoms with Crippen LogP contribution in [0.2, 0.25) is 0 Å². The molecule has 1 fully saturated rings. The molecular formula is C16H17N5O2S. The van der Waals surface area contributed by atoms with Gasteiger partial charge in [0, 0.05) is 28.5 Å². The number of aryl methyl sites for hydroxylation is 2. The third-order valence-corrected chi connectivity index (χ3v) is 5.45. The summed E-state index contributed by atoms with van der Waals surface area (Å²) in [7, 11) is 0. The SMILES string of the molecule is Cc1cc(=O)n2[nH]c(CNC(=O)[C@@H]3C[C@@H]3c3sccc3C)nc2n1. The molecule has 0 radical (unpaired) electrons. The highest BCUT2D eigenvalue weighted by atomic mass is 32.1. The second-order valence-electron chi connectivity index (χ2n) is 6.18. The molecule has 0 saturated heterocycles. The van der Waals surface area contributed by atoms with Gasteiger partial charge in [-0.1, -0.05) is 0 Å². The van der Waals surface area contributed by atoms with Gasteiger partial charge in [-0.3, -0.25) is 14.7 Å². The molecule has 0 aromatic carbocycles. The molecule has 1 aliphatic carbocycles. The summed E-state index contributed by atoms with van der Waals surface area (Å²) < 4.78 is 1.28. The molecule has 0 bridgehead atoms. The molecule has 3 aromatic heterocycles. The van der Waals surface area contributed by atoms with E-state index in [-0.39, 0.29) is 23.9 Å². The number of thiophene rings is 1. The van der Waals surface area contributed by atoms with E-state index in [4.69, 9.17) is 0 Å². The normalized spacial score (nSPS) is 19.6. The standard InChI is InChI=1S/C16H17N5O2S/c1-8-3-4-24-14(8)10-6-11(10)15(23)17-7-12-19-16-18-9(2)5-13(22)21(16)20-12/h3-5,10-11H,6-7H2,1-2H3,(H,17,23)(H,18,19,20)/t10-,11+/m0/s1. The first-order chi connectivity index (χ1) is 11.5. The van der Waals surface area contributed by atoms with Gasteiger partial charge < -0.3 is 5.32 Å². The van der Waals surface area contributed by atoms with E-state index in [0.29, 0.717) is 23.2 Å². The van der Waals surface area contributed by atoms with Crippen LogP contribution in [-0.4, -0.2) is 25.5 Å². The maximum atomic E-state index is 12.3. The highest BCUT2D eigenvalue weighted by Crippen LogP contribution is 2.50. The number of carbonyl (C=O) groups is 1. The Morgan fingerprint density at radius 1 is 1.46 bits per heavy atom. The third-order valence-electron chi connectivity index (χ3n) is 4.30. The van der Waals surface area contributed by atoms with Crippen LogP contribution in [-0.2, 0) is 11.3 Å². The smallest absolute Gasteiger partial charge is 0.274 e. The Morgan fingerprint density at radius 3 is 3.04 bits per heavy atom. The fourth-order valence-electron chi connectivity index (χ4n) is 2.96. The first-order valence-electron chi connectivity index (χ1n) is 7.80. The predicted octanol–water partition coefficient (Wildman–Crippen LogP) is 1.52. The Balaban J connectivity index is 1.42. The van der Waals surface area contributed by atoms with Crippen molar-refractivity contribution in [2.45, 2.75) is 32.7 Å². The maximum Gasteiger partial charge on any atom is 0.274 e. The van der Waals surface area contributed by atoms with Gasteiger partial charge in [-0.05, 0) is 37.3 Å². The van der Waals surface area contributed by atoms with Gasteiger partial charge in [-0.2, -0.15) is 9.50 Å². The summed E-state index contributed by atoms with van der Waals surface area (Å²) in [6, 6.07) is 3.53. The van der Waals surface area contributed by atoms with Crippen molar-refractivity contribution in [2.75, 3.05) is 0 Å². The van der Waals surface area contributed by atoms with Crippen LogP contribution in [0.4, 0.5) is 0 Å². The van der Waals surface area contributed by atoms with Crippen LogP contribution in [0.3, 0.4) is 0 Å². The molecule has 1 aliphatic rings. The fraction of sp³-hybridized carbons (Fsp3) is 0.375. The molecule has 2 atom stereocenters. The fourth-order valence-corrected chi connectivity index (χ4v) is 4.06. The summed E-state index contributed by atoms with van der Waals surface area (Å²) in [4.78, 5) is 33.9. The predicted molar refractivity (Wildman–Crippen MR) is 90.1 cm³/mol.